The van der Waals surface area contributed by atoms with Gasteiger partial charge < -0.3 is 15.1 Å². The second kappa shape index (κ2) is 7.56. The number of hydrogen-bond donors (Lipinski definition) is 3. The molecule has 0 aliphatic carbocycles. The van der Waals surface area contributed by atoms with Crippen molar-refractivity contribution in [2.24, 2.45) is 0 Å². The minimum absolute atomic E-state index is 0.303. The van der Waals surface area contributed by atoms with E-state index < -0.39 is 0 Å². The number of H-pyrrole nitrogens is 1. The normalized spacial score (nSPS) is 10.8. The third kappa shape index (κ3) is 3.51. The van der Waals surface area contributed by atoms with E-state index in [9.17, 15) is 4.79 Å². The van der Waals surface area contributed by atoms with Crippen molar-refractivity contribution < 1.29 is 9.21 Å². The molecule has 7 heteroatoms. The number of para-hydroxylation sites is 3. The summed E-state index contributed by atoms with van der Waals surface area (Å²) in [6, 6.07) is 24.1. The number of carbonyl (C=O) groups is 1. The van der Waals surface area contributed by atoms with E-state index >= 15 is 0 Å². The van der Waals surface area contributed by atoms with Crippen LogP contribution in [0.15, 0.2) is 89.5 Å². The highest BCUT2D eigenvalue weighted by Gasteiger charge is 2.16. The lowest BCUT2D eigenvalue weighted by atomic mass is 10.1. The summed E-state index contributed by atoms with van der Waals surface area (Å²) in [4.78, 5) is 16.7. The number of anilines is 2. The van der Waals surface area contributed by atoms with Crippen LogP contribution in [-0.4, -0.2) is 21.2 Å². The maximum Gasteiger partial charge on any atom is 0.323 e. The number of aromatic amines is 1. The number of nitrogens with zero attached hydrogens (tertiary/aromatic N) is 2. The molecule has 0 bridgehead atoms. The standard InChI is InChI=1S/C23H17N5O2/c29-23(25-16-6-2-1-3-7-16)26-17-12-10-15(11-13-17)21-18(14-24-28-21)22-27-19-8-4-5-9-20(19)30-22/h1-14H,(H,24,28)(H2,25,26,29). The van der Waals surface area contributed by atoms with Gasteiger partial charge in [-0.3, -0.25) is 5.10 Å². The largest absolute Gasteiger partial charge is 0.436 e. The number of oxazole rings is 1. The molecular weight excluding hydrogens is 378 g/mol. The fourth-order valence-electron chi connectivity index (χ4n) is 3.19. The van der Waals surface area contributed by atoms with Crippen molar-refractivity contribution in [2.75, 3.05) is 10.6 Å². The van der Waals surface area contributed by atoms with Crippen molar-refractivity contribution >= 4 is 28.5 Å². The van der Waals surface area contributed by atoms with Crippen molar-refractivity contribution in [3.05, 3.63) is 85.1 Å². The van der Waals surface area contributed by atoms with Gasteiger partial charge >= 0.3 is 6.03 Å². The number of urea groups is 1. The minimum Gasteiger partial charge on any atom is -0.436 e. The summed E-state index contributed by atoms with van der Waals surface area (Å²) in [5.74, 6) is 0.504. The maximum atomic E-state index is 12.2. The molecule has 0 atom stereocenters. The summed E-state index contributed by atoms with van der Waals surface area (Å²) in [7, 11) is 0. The van der Waals surface area contributed by atoms with E-state index in [1.54, 1.807) is 6.20 Å². The van der Waals surface area contributed by atoms with E-state index in [2.05, 4.69) is 25.8 Å². The lowest BCUT2D eigenvalue weighted by Gasteiger charge is -2.08. The number of hydrogen-bond acceptors (Lipinski definition) is 4. The van der Waals surface area contributed by atoms with E-state index in [0.717, 1.165) is 33.6 Å². The quantitative estimate of drug-likeness (QED) is 0.373. The molecular formula is C23H17N5O2. The number of fused-ring (bicyclic) bond motifs is 1. The smallest absolute Gasteiger partial charge is 0.323 e. The predicted octanol–water partition coefficient (Wildman–Crippen LogP) is 5.53. The lowest BCUT2D eigenvalue weighted by Crippen LogP contribution is -2.19. The van der Waals surface area contributed by atoms with E-state index in [0.29, 0.717) is 11.6 Å². The maximum absolute atomic E-state index is 12.2. The molecule has 0 spiro atoms. The Balaban J connectivity index is 1.35. The second-order valence-corrected chi connectivity index (χ2v) is 6.67. The first kappa shape index (κ1) is 17.7. The zero-order valence-corrected chi connectivity index (χ0v) is 15.8. The molecule has 146 valence electrons. The minimum atomic E-state index is -0.303. The van der Waals surface area contributed by atoms with Gasteiger partial charge in [0, 0.05) is 16.9 Å². The molecule has 7 nitrogen and oxygen atoms in total. The van der Waals surface area contributed by atoms with Gasteiger partial charge in [0.15, 0.2) is 5.58 Å². The molecule has 2 aromatic heterocycles. The Labute approximate surface area is 171 Å². The number of rotatable bonds is 4. The summed E-state index contributed by atoms with van der Waals surface area (Å²) < 4.78 is 5.87. The highest BCUT2D eigenvalue weighted by atomic mass is 16.3. The average molecular weight is 395 g/mol. The summed E-state index contributed by atoms with van der Waals surface area (Å²) in [5.41, 5.74) is 5.39. The van der Waals surface area contributed by atoms with Crippen molar-refractivity contribution in [2.45, 2.75) is 0 Å². The molecule has 2 heterocycles. The molecule has 0 aliphatic rings. The van der Waals surface area contributed by atoms with E-state index in [1.165, 1.54) is 0 Å². The highest BCUT2D eigenvalue weighted by molar-refractivity contribution is 5.99. The fraction of sp³-hybridized carbons (Fsp3) is 0. The van der Waals surface area contributed by atoms with Gasteiger partial charge in [-0.2, -0.15) is 5.10 Å². The molecule has 30 heavy (non-hydrogen) atoms. The summed E-state index contributed by atoms with van der Waals surface area (Å²) in [6.07, 6.45) is 1.69. The van der Waals surface area contributed by atoms with Crippen molar-refractivity contribution in [3.63, 3.8) is 0 Å². The van der Waals surface area contributed by atoms with Crippen LogP contribution in [0.5, 0.6) is 0 Å². The zero-order chi connectivity index (χ0) is 20.3. The molecule has 0 fully saturated rings. The molecule has 3 N–H and O–H groups in total. The van der Waals surface area contributed by atoms with Gasteiger partial charge in [-0.1, -0.05) is 42.5 Å². The Bertz CT molecular complexity index is 1270. The van der Waals surface area contributed by atoms with Gasteiger partial charge in [-0.15, -0.1) is 0 Å². The fourth-order valence-corrected chi connectivity index (χ4v) is 3.19. The van der Waals surface area contributed by atoms with Crippen LogP contribution in [0.1, 0.15) is 0 Å². The van der Waals surface area contributed by atoms with Crippen molar-refractivity contribution in [1.29, 1.82) is 0 Å². The Hall–Kier alpha value is -4.39. The number of aromatic nitrogens is 3. The van der Waals surface area contributed by atoms with Crippen LogP contribution >= 0.6 is 0 Å². The van der Waals surface area contributed by atoms with Gasteiger partial charge in [0.1, 0.15) is 5.52 Å². The highest BCUT2D eigenvalue weighted by Crippen LogP contribution is 2.32. The second-order valence-electron chi connectivity index (χ2n) is 6.67. The van der Waals surface area contributed by atoms with Crippen LogP contribution in [0.3, 0.4) is 0 Å². The lowest BCUT2D eigenvalue weighted by molar-refractivity contribution is 0.262. The topological polar surface area (TPSA) is 95.8 Å². The first-order chi connectivity index (χ1) is 14.8. The summed E-state index contributed by atoms with van der Waals surface area (Å²) >= 11 is 0. The van der Waals surface area contributed by atoms with Crippen LogP contribution in [0.25, 0.3) is 33.8 Å². The number of nitrogens with one attached hydrogen (secondary N) is 3. The molecule has 5 rings (SSSR count). The molecule has 3 aromatic carbocycles. The Morgan fingerprint density at radius 2 is 1.53 bits per heavy atom. The van der Waals surface area contributed by atoms with E-state index in [-0.39, 0.29) is 6.03 Å². The molecule has 0 saturated carbocycles. The van der Waals surface area contributed by atoms with Gasteiger partial charge in [0.05, 0.1) is 17.5 Å². The summed E-state index contributed by atoms with van der Waals surface area (Å²) in [5, 5.41) is 12.8. The molecule has 0 unspecified atom stereocenters. The van der Waals surface area contributed by atoms with E-state index in [4.69, 9.17) is 4.42 Å². The van der Waals surface area contributed by atoms with Crippen LogP contribution < -0.4 is 10.6 Å². The predicted molar refractivity (Wildman–Crippen MR) is 116 cm³/mol. The SMILES string of the molecule is O=C(Nc1ccccc1)Nc1ccc(-c2[nH]ncc2-c2nc3ccccc3o2)cc1. The van der Waals surface area contributed by atoms with Gasteiger partial charge in [-0.05, 0) is 36.4 Å². The Morgan fingerprint density at radius 3 is 2.30 bits per heavy atom. The van der Waals surface area contributed by atoms with Gasteiger partial charge in [-0.25, -0.2) is 9.78 Å². The molecule has 0 aliphatic heterocycles. The van der Waals surface area contributed by atoms with E-state index in [1.807, 2.05) is 78.9 Å². The van der Waals surface area contributed by atoms with Gasteiger partial charge in [0.25, 0.3) is 0 Å². The number of benzene rings is 3. The molecule has 0 saturated heterocycles. The first-order valence-corrected chi connectivity index (χ1v) is 9.39. The molecule has 2 amide bonds. The average Bonchev–Trinajstić information content (AvgIpc) is 3.42. The Morgan fingerprint density at radius 1 is 0.833 bits per heavy atom. The molecule has 5 aromatic rings. The third-order valence-corrected chi connectivity index (χ3v) is 4.63. The summed E-state index contributed by atoms with van der Waals surface area (Å²) in [6.45, 7) is 0. The van der Waals surface area contributed by atoms with Crippen LogP contribution in [0.2, 0.25) is 0 Å². The third-order valence-electron chi connectivity index (χ3n) is 4.63. The van der Waals surface area contributed by atoms with Crippen molar-refractivity contribution in [1.82, 2.24) is 15.2 Å². The number of carbonyl (C=O) groups excluding carboxylic acids is 1. The first-order valence-electron chi connectivity index (χ1n) is 9.39. The zero-order valence-electron chi connectivity index (χ0n) is 15.8. The monoisotopic (exact) mass is 395 g/mol. The Kier molecular flexibility index (Phi) is 4.46. The number of amides is 2. The van der Waals surface area contributed by atoms with Crippen molar-refractivity contribution in [3.8, 4) is 22.7 Å². The van der Waals surface area contributed by atoms with Gasteiger partial charge in [0.2, 0.25) is 5.89 Å². The van der Waals surface area contributed by atoms with Crippen LogP contribution in [-0.2, 0) is 0 Å². The van der Waals surface area contributed by atoms with Crippen LogP contribution in [0.4, 0.5) is 16.2 Å². The molecule has 0 radical (unpaired) electrons. The van der Waals surface area contributed by atoms with Crippen LogP contribution in [0, 0.1) is 0 Å².